The first-order valence-electron chi connectivity index (χ1n) is 8.58. The molecule has 27 heavy (non-hydrogen) atoms. The number of carbonyl (C=O) groups excluding carboxylic acids is 1. The molecular formula is C19H19N7O. The summed E-state index contributed by atoms with van der Waals surface area (Å²) in [6.45, 7) is 0.621. The number of anilines is 1. The molecule has 136 valence electrons. The van der Waals surface area contributed by atoms with Crippen LogP contribution in [0.2, 0.25) is 0 Å². The molecule has 2 heterocycles. The van der Waals surface area contributed by atoms with E-state index in [1.807, 2.05) is 60.1 Å². The van der Waals surface area contributed by atoms with Gasteiger partial charge in [0.25, 0.3) is 0 Å². The molecule has 3 N–H and O–H groups in total. The predicted octanol–water partition coefficient (Wildman–Crippen LogP) is 2.09. The Morgan fingerprint density at radius 1 is 1.15 bits per heavy atom. The fourth-order valence-corrected chi connectivity index (χ4v) is 2.83. The normalized spacial score (nSPS) is 10.9. The molecule has 0 aliphatic heterocycles. The van der Waals surface area contributed by atoms with E-state index in [0.717, 1.165) is 22.0 Å². The molecule has 0 unspecified atom stereocenters. The third-order valence-corrected chi connectivity index (χ3v) is 4.31. The van der Waals surface area contributed by atoms with Gasteiger partial charge in [-0.25, -0.2) is 0 Å². The maximum atomic E-state index is 12.1. The van der Waals surface area contributed by atoms with Gasteiger partial charge in [-0.1, -0.05) is 30.3 Å². The third-order valence-electron chi connectivity index (χ3n) is 4.31. The second-order valence-corrected chi connectivity index (χ2v) is 6.19. The van der Waals surface area contributed by atoms with Gasteiger partial charge in [-0.05, 0) is 23.8 Å². The standard InChI is InChI=1S/C19H19N7O/c1-26-18(14-7-8-16-15(9-14)11-22-23-16)24-25-19(26)21-12-17(27)20-10-13-5-3-2-4-6-13/h2-9,11H,10,12H2,1H3,(H,20,27)(H,21,25)(H,22,23). The molecule has 4 rings (SSSR count). The summed E-state index contributed by atoms with van der Waals surface area (Å²) in [4.78, 5) is 12.1. The van der Waals surface area contributed by atoms with Gasteiger partial charge in [0.1, 0.15) is 0 Å². The van der Waals surface area contributed by atoms with E-state index >= 15 is 0 Å². The van der Waals surface area contributed by atoms with E-state index in [1.54, 1.807) is 6.20 Å². The number of amides is 1. The molecule has 0 fully saturated rings. The molecule has 4 aromatic rings. The molecule has 0 radical (unpaired) electrons. The van der Waals surface area contributed by atoms with Crippen molar-refractivity contribution in [2.24, 2.45) is 7.05 Å². The Balaban J connectivity index is 1.39. The van der Waals surface area contributed by atoms with Crippen molar-refractivity contribution in [1.29, 1.82) is 0 Å². The lowest BCUT2D eigenvalue weighted by molar-refractivity contribution is -0.119. The smallest absolute Gasteiger partial charge is 0.239 e. The molecule has 1 amide bonds. The molecule has 0 saturated heterocycles. The van der Waals surface area contributed by atoms with E-state index in [0.29, 0.717) is 18.3 Å². The Kier molecular flexibility index (Phi) is 4.52. The lowest BCUT2D eigenvalue weighted by Gasteiger charge is -2.08. The molecular weight excluding hydrogens is 342 g/mol. The Morgan fingerprint density at radius 3 is 2.85 bits per heavy atom. The van der Waals surface area contributed by atoms with Crippen LogP contribution in [0, 0.1) is 0 Å². The SMILES string of the molecule is Cn1c(NCC(=O)NCc2ccccc2)nnc1-c1ccc2[nH]ncc2c1. The van der Waals surface area contributed by atoms with Crippen LogP contribution in [-0.4, -0.2) is 37.4 Å². The van der Waals surface area contributed by atoms with Crippen LogP contribution in [0.5, 0.6) is 0 Å². The molecule has 8 heteroatoms. The number of nitrogens with one attached hydrogen (secondary N) is 3. The minimum Gasteiger partial charge on any atom is -0.350 e. The maximum absolute atomic E-state index is 12.1. The van der Waals surface area contributed by atoms with Crippen molar-refractivity contribution in [3.63, 3.8) is 0 Å². The number of H-pyrrole nitrogens is 1. The Hall–Kier alpha value is -3.68. The highest BCUT2D eigenvalue weighted by Crippen LogP contribution is 2.23. The molecule has 0 aliphatic carbocycles. The van der Waals surface area contributed by atoms with Crippen LogP contribution in [-0.2, 0) is 18.4 Å². The van der Waals surface area contributed by atoms with Crippen molar-refractivity contribution in [3.05, 3.63) is 60.3 Å². The summed E-state index contributed by atoms with van der Waals surface area (Å²) in [5.41, 5.74) is 2.95. The average Bonchev–Trinajstić information content (AvgIpc) is 3.31. The van der Waals surface area contributed by atoms with Crippen molar-refractivity contribution in [2.75, 3.05) is 11.9 Å². The summed E-state index contributed by atoms with van der Waals surface area (Å²) < 4.78 is 1.83. The molecule has 2 aromatic heterocycles. The number of carbonyl (C=O) groups is 1. The lowest BCUT2D eigenvalue weighted by Crippen LogP contribution is -2.30. The zero-order valence-corrected chi connectivity index (χ0v) is 14.8. The Morgan fingerprint density at radius 2 is 2.00 bits per heavy atom. The minimum atomic E-state index is -0.108. The number of hydrogen-bond acceptors (Lipinski definition) is 5. The summed E-state index contributed by atoms with van der Waals surface area (Å²) >= 11 is 0. The van der Waals surface area contributed by atoms with Gasteiger partial charge in [0.15, 0.2) is 5.82 Å². The highest BCUT2D eigenvalue weighted by molar-refractivity contribution is 5.83. The first-order chi connectivity index (χ1) is 13.2. The highest BCUT2D eigenvalue weighted by Gasteiger charge is 2.12. The molecule has 0 saturated carbocycles. The van der Waals surface area contributed by atoms with E-state index in [1.165, 1.54) is 0 Å². The van der Waals surface area contributed by atoms with E-state index in [4.69, 9.17) is 0 Å². The fourth-order valence-electron chi connectivity index (χ4n) is 2.83. The van der Waals surface area contributed by atoms with Gasteiger partial charge >= 0.3 is 0 Å². The van der Waals surface area contributed by atoms with Gasteiger partial charge in [0, 0.05) is 24.5 Å². The summed E-state index contributed by atoms with van der Waals surface area (Å²) in [6, 6.07) is 15.7. The molecule has 8 nitrogen and oxygen atoms in total. The number of hydrogen-bond donors (Lipinski definition) is 3. The summed E-state index contributed by atoms with van der Waals surface area (Å²) in [5, 5.41) is 22.2. The summed E-state index contributed by atoms with van der Waals surface area (Å²) in [5.74, 6) is 1.14. The van der Waals surface area contributed by atoms with Gasteiger partial charge in [0.2, 0.25) is 11.9 Å². The quantitative estimate of drug-likeness (QED) is 0.488. The number of rotatable bonds is 6. The van der Waals surface area contributed by atoms with Crippen molar-refractivity contribution in [1.82, 2.24) is 30.3 Å². The first-order valence-corrected chi connectivity index (χ1v) is 8.58. The van der Waals surface area contributed by atoms with Gasteiger partial charge < -0.3 is 10.6 Å². The van der Waals surface area contributed by atoms with Crippen LogP contribution >= 0.6 is 0 Å². The second kappa shape index (κ2) is 7.28. The van der Waals surface area contributed by atoms with E-state index < -0.39 is 0 Å². The van der Waals surface area contributed by atoms with Crippen LogP contribution in [0.1, 0.15) is 5.56 Å². The van der Waals surface area contributed by atoms with Crippen LogP contribution in [0.4, 0.5) is 5.95 Å². The largest absolute Gasteiger partial charge is 0.350 e. The number of aromatic amines is 1. The second-order valence-electron chi connectivity index (χ2n) is 6.19. The fraction of sp³-hybridized carbons (Fsp3) is 0.158. The number of aromatic nitrogens is 5. The Bertz CT molecular complexity index is 1070. The topological polar surface area (TPSA) is 101 Å². The van der Waals surface area contributed by atoms with E-state index in [2.05, 4.69) is 31.0 Å². The van der Waals surface area contributed by atoms with Crippen molar-refractivity contribution in [3.8, 4) is 11.4 Å². The minimum absolute atomic E-state index is 0.108. The van der Waals surface area contributed by atoms with Gasteiger partial charge in [-0.15, -0.1) is 10.2 Å². The van der Waals surface area contributed by atoms with Gasteiger partial charge in [0.05, 0.1) is 18.3 Å². The zero-order valence-electron chi connectivity index (χ0n) is 14.8. The summed E-state index contributed by atoms with van der Waals surface area (Å²) in [7, 11) is 1.86. The van der Waals surface area contributed by atoms with Crippen LogP contribution in [0.3, 0.4) is 0 Å². The van der Waals surface area contributed by atoms with Crippen molar-refractivity contribution in [2.45, 2.75) is 6.54 Å². The molecule has 2 aromatic carbocycles. The van der Waals surface area contributed by atoms with E-state index in [9.17, 15) is 4.79 Å². The van der Waals surface area contributed by atoms with Crippen LogP contribution in [0.15, 0.2) is 54.7 Å². The van der Waals surface area contributed by atoms with Crippen molar-refractivity contribution < 1.29 is 4.79 Å². The maximum Gasteiger partial charge on any atom is 0.239 e. The molecule has 0 bridgehead atoms. The van der Waals surface area contributed by atoms with Crippen LogP contribution < -0.4 is 10.6 Å². The van der Waals surface area contributed by atoms with Crippen LogP contribution in [0.25, 0.3) is 22.3 Å². The summed E-state index contributed by atoms with van der Waals surface area (Å²) in [6.07, 6.45) is 1.77. The number of fused-ring (bicyclic) bond motifs is 1. The highest BCUT2D eigenvalue weighted by atomic mass is 16.1. The lowest BCUT2D eigenvalue weighted by atomic mass is 10.1. The number of benzene rings is 2. The third kappa shape index (κ3) is 3.64. The molecule has 0 spiro atoms. The van der Waals surface area contributed by atoms with Gasteiger partial charge in [-0.3, -0.25) is 14.5 Å². The monoisotopic (exact) mass is 361 g/mol. The average molecular weight is 361 g/mol. The molecule has 0 atom stereocenters. The van der Waals surface area contributed by atoms with Crippen molar-refractivity contribution >= 4 is 22.8 Å². The van der Waals surface area contributed by atoms with Gasteiger partial charge in [-0.2, -0.15) is 5.10 Å². The first kappa shape index (κ1) is 16.8. The zero-order chi connectivity index (χ0) is 18.6. The molecule has 0 aliphatic rings. The van der Waals surface area contributed by atoms with E-state index in [-0.39, 0.29) is 12.5 Å². The number of nitrogens with zero attached hydrogens (tertiary/aromatic N) is 4. The predicted molar refractivity (Wildman–Crippen MR) is 103 cm³/mol. The Labute approximate surface area is 155 Å².